The van der Waals surface area contributed by atoms with Crippen molar-refractivity contribution in [2.75, 3.05) is 13.1 Å². The molecular formula is C16H30N2O2. The molecule has 0 radical (unpaired) electrons. The molecule has 4 heteroatoms. The Morgan fingerprint density at radius 1 is 1.10 bits per heavy atom. The molecule has 3 heterocycles. The van der Waals surface area contributed by atoms with Gasteiger partial charge < -0.3 is 9.64 Å². The number of fused-ring (bicyclic) bond motifs is 2. The zero-order valence-electron chi connectivity index (χ0n) is 14.1. The summed E-state index contributed by atoms with van der Waals surface area (Å²) in [6.07, 6.45) is 1.24. The van der Waals surface area contributed by atoms with Gasteiger partial charge >= 0.3 is 0 Å². The Balaban J connectivity index is 1.99. The van der Waals surface area contributed by atoms with Crippen LogP contribution in [0.15, 0.2) is 0 Å². The van der Waals surface area contributed by atoms with Crippen LogP contribution in [0.25, 0.3) is 0 Å². The average Bonchev–Trinajstić information content (AvgIpc) is 2.23. The topological polar surface area (TPSA) is 32.8 Å². The van der Waals surface area contributed by atoms with Crippen LogP contribution in [-0.2, 0) is 9.53 Å². The fraction of sp³-hybridized carbons (Fsp3) is 0.938. The van der Waals surface area contributed by atoms with E-state index in [-0.39, 0.29) is 11.5 Å². The average molecular weight is 282 g/mol. The molecule has 2 bridgehead atoms. The molecule has 3 aliphatic rings. The summed E-state index contributed by atoms with van der Waals surface area (Å²) < 4.78 is 5.96. The van der Waals surface area contributed by atoms with Crippen LogP contribution < -0.4 is 0 Å². The van der Waals surface area contributed by atoms with E-state index in [0.717, 1.165) is 13.1 Å². The van der Waals surface area contributed by atoms with Crippen molar-refractivity contribution in [3.05, 3.63) is 0 Å². The highest BCUT2D eigenvalue weighted by atomic mass is 16.5. The van der Waals surface area contributed by atoms with Gasteiger partial charge in [-0.1, -0.05) is 0 Å². The Morgan fingerprint density at radius 2 is 1.60 bits per heavy atom. The Bertz CT molecular complexity index is 372. The lowest BCUT2D eigenvalue weighted by Crippen LogP contribution is -2.72. The van der Waals surface area contributed by atoms with Crippen LogP contribution in [0.5, 0.6) is 0 Å². The van der Waals surface area contributed by atoms with E-state index in [9.17, 15) is 4.79 Å². The third-order valence-electron chi connectivity index (χ3n) is 4.21. The minimum absolute atomic E-state index is 0.130. The van der Waals surface area contributed by atoms with E-state index in [1.807, 2.05) is 39.5 Å². The van der Waals surface area contributed by atoms with E-state index < -0.39 is 5.60 Å². The van der Waals surface area contributed by atoms with Crippen molar-refractivity contribution >= 4 is 5.91 Å². The molecule has 2 unspecified atom stereocenters. The largest absolute Gasteiger partial charge is 0.360 e. The first-order chi connectivity index (χ1) is 9.01. The molecule has 116 valence electrons. The van der Waals surface area contributed by atoms with Crippen LogP contribution in [0.2, 0.25) is 0 Å². The number of piperazine rings is 1. The zero-order valence-corrected chi connectivity index (χ0v) is 14.1. The number of nitrogens with zero attached hydrogens (tertiary/aromatic N) is 2. The molecule has 3 rings (SSSR count). The summed E-state index contributed by atoms with van der Waals surface area (Å²) in [6.45, 7) is 16.0. The Kier molecular flexibility index (Phi) is 3.93. The van der Waals surface area contributed by atoms with Crippen molar-refractivity contribution in [1.82, 2.24) is 9.80 Å². The highest BCUT2D eigenvalue weighted by Gasteiger charge is 2.49. The molecule has 4 nitrogen and oxygen atoms in total. The van der Waals surface area contributed by atoms with Crippen molar-refractivity contribution in [2.45, 2.75) is 84.2 Å². The monoisotopic (exact) mass is 282 g/mol. The lowest BCUT2D eigenvalue weighted by molar-refractivity contribution is -0.181. The van der Waals surface area contributed by atoms with Crippen LogP contribution in [-0.4, -0.2) is 58.1 Å². The minimum atomic E-state index is -0.745. The number of hydrogen-bond acceptors (Lipinski definition) is 3. The third-order valence-corrected chi connectivity index (χ3v) is 4.21. The van der Waals surface area contributed by atoms with E-state index in [2.05, 4.69) is 18.7 Å². The second-order valence-electron chi connectivity index (χ2n) is 8.02. The summed E-state index contributed by atoms with van der Waals surface area (Å²) in [5.41, 5.74) is -1.05. The molecule has 1 amide bonds. The molecule has 0 N–H and O–H groups in total. The van der Waals surface area contributed by atoms with Crippen molar-refractivity contribution in [1.29, 1.82) is 0 Å². The predicted octanol–water partition coefficient (Wildman–Crippen LogP) is 2.27. The fourth-order valence-electron chi connectivity index (χ4n) is 3.84. The van der Waals surface area contributed by atoms with Gasteiger partial charge in [0.1, 0.15) is 5.60 Å². The number of amides is 1. The second kappa shape index (κ2) is 4.99. The molecule has 3 fully saturated rings. The molecule has 0 aromatic rings. The maximum atomic E-state index is 12.7. The Labute approximate surface area is 123 Å². The van der Waals surface area contributed by atoms with Crippen LogP contribution in [0, 0.1) is 0 Å². The van der Waals surface area contributed by atoms with E-state index >= 15 is 0 Å². The second-order valence-corrected chi connectivity index (χ2v) is 8.02. The Morgan fingerprint density at radius 3 is 2.00 bits per heavy atom. The van der Waals surface area contributed by atoms with Gasteiger partial charge in [0.15, 0.2) is 0 Å². The third kappa shape index (κ3) is 3.01. The maximum Gasteiger partial charge on any atom is 0.254 e. The van der Waals surface area contributed by atoms with Gasteiger partial charge in [0.2, 0.25) is 0 Å². The summed E-state index contributed by atoms with van der Waals surface area (Å²) >= 11 is 0. The van der Waals surface area contributed by atoms with Gasteiger partial charge in [-0.05, 0) is 54.9 Å². The van der Waals surface area contributed by atoms with Crippen LogP contribution in [0.1, 0.15) is 54.9 Å². The molecule has 0 aromatic carbocycles. The minimum Gasteiger partial charge on any atom is -0.360 e. The molecule has 0 aliphatic carbocycles. The molecule has 20 heavy (non-hydrogen) atoms. The van der Waals surface area contributed by atoms with Gasteiger partial charge in [0.05, 0.1) is 5.60 Å². The van der Waals surface area contributed by atoms with E-state index in [1.165, 1.54) is 6.42 Å². The van der Waals surface area contributed by atoms with Gasteiger partial charge in [-0.3, -0.25) is 9.69 Å². The van der Waals surface area contributed by atoms with Gasteiger partial charge in [0, 0.05) is 31.2 Å². The van der Waals surface area contributed by atoms with Gasteiger partial charge in [-0.15, -0.1) is 0 Å². The summed E-state index contributed by atoms with van der Waals surface area (Å²) in [7, 11) is 0. The van der Waals surface area contributed by atoms with Crippen molar-refractivity contribution in [2.24, 2.45) is 0 Å². The first kappa shape index (κ1) is 15.8. The quantitative estimate of drug-likeness (QED) is 0.796. The molecule has 0 aromatic heterocycles. The Hall–Kier alpha value is -0.610. The number of hydrogen-bond donors (Lipinski definition) is 0. The molecule has 3 aliphatic heterocycles. The zero-order chi connectivity index (χ0) is 15.3. The van der Waals surface area contributed by atoms with E-state index in [0.29, 0.717) is 18.1 Å². The van der Waals surface area contributed by atoms with Gasteiger partial charge in [-0.2, -0.15) is 0 Å². The fourth-order valence-corrected chi connectivity index (χ4v) is 3.84. The van der Waals surface area contributed by atoms with Crippen molar-refractivity contribution in [3.8, 4) is 0 Å². The van der Waals surface area contributed by atoms with E-state index in [1.54, 1.807) is 0 Å². The number of rotatable bonds is 3. The molecule has 0 saturated carbocycles. The van der Waals surface area contributed by atoms with Gasteiger partial charge in [-0.25, -0.2) is 0 Å². The number of carbonyl (C=O) groups excluding carboxylic acids is 1. The number of piperidine rings is 1. The van der Waals surface area contributed by atoms with Crippen molar-refractivity contribution in [3.63, 3.8) is 0 Å². The summed E-state index contributed by atoms with van der Waals surface area (Å²) in [5.74, 6) is 0.130. The van der Waals surface area contributed by atoms with Crippen molar-refractivity contribution < 1.29 is 9.53 Å². The summed E-state index contributed by atoms with van der Waals surface area (Å²) in [4.78, 5) is 17.3. The first-order valence-electron chi connectivity index (χ1n) is 7.78. The number of ether oxygens (including phenoxy) is 1. The maximum absolute atomic E-state index is 12.7. The predicted molar refractivity (Wildman–Crippen MR) is 80.7 cm³/mol. The van der Waals surface area contributed by atoms with E-state index in [4.69, 9.17) is 4.74 Å². The summed E-state index contributed by atoms with van der Waals surface area (Å²) in [5, 5.41) is 0. The van der Waals surface area contributed by atoms with Crippen LogP contribution >= 0.6 is 0 Å². The smallest absolute Gasteiger partial charge is 0.254 e. The molecule has 3 saturated heterocycles. The highest BCUT2D eigenvalue weighted by molar-refractivity contribution is 5.84. The lowest BCUT2D eigenvalue weighted by atomic mass is 9.85. The summed E-state index contributed by atoms with van der Waals surface area (Å²) in [6, 6.07) is 1.67. The number of carbonyl (C=O) groups is 1. The normalized spacial score (nSPS) is 27.7. The SMILES string of the molecule is CC(C)N1C2CC1CN(C(=O)C(C)(C)OC(C)(C)C)C2. The van der Waals surface area contributed by atoms with Gasteiger partial charge in [0.25, 0.3) is 5.91 Å². The highest BCUT2D eigenvalue weighted by Crippen LogP contribution is 2.35. The molecular weight excluding hydrogens is 252 g/mol. The molecule has 2 atom stereocenters. The van der Waals surface area contributed by atoms with Crippen LogP contribution in [0.3, 0.4) is 0 Å². The molecule has 0 spiro atoms. The van der Waals surface area contributed by atoms with Crippen LogP contribution in [0.4, 0.5) is 0 Å². The standard InChI is InChI=1S/C16H30N2O2/c1-11(2)18-12-8-13(18)10-17(9-12)14(19)16(6,7)20-15(3,4)5/h11-13H,8-10H2,1-7H3. The lowest BCUT2D eigenvalue weighted by Gasteiger charge is -2.58. The first-order valence-corrected chi connectivity index (χ1v) is 7.78.